The van der Waals surface area contributed by atoms with Crippen molar-refractivity contribution in [3.63, 3.8) is 0 Å². The predicted octanol–water partition coefficient (Wildman–Crippen LogP) is 1.56. The summed E-state index contributed by atoms with van der Waals surface area (Å²) in [5.74, 6) is 0.369. The summed E-state index contributed by atoms with van der Waals surface area (Å²) in [4.78, 5) is 24.6. The molecule has 0 spiro atoms. The van der Waals surface area contributed by atoms with Crippen LogP contribution >= 0.6 is 0 Å². The molecule has 0 unspecified atom stereocenters. The number of hydrogen-bond acceptors (Lipinski definition) is 3. The van der Waals surface area contributed by atoms with E-state index >= 15 is 0 Å². The summed E-state index contributed by atoms with van der Waals surface area (Å²) >= 11 is 0. The fourth-order valence-corrected chi connectivity index (χ4v) is 2.13. The van der Waals surface area contributed by atoms with Gasteiger partial charge in [-0.05, 0) is 30.2 Å². The highest BCUT2D eigenvalue weighted by atomic mass is 16.5. The van der Waals surface area contributed by atoms with Gasteiger partial charge in [0, 0.05) is 18.7 Å². The second kappa shape index (κ2) is 5.94. The Morgan fingerprint density at radius 3 is 2.55 bits per heavy atom. The van der Waals surface area contributed by atoms with Crippen LogP contribution in [-0.4, -0.2) is 25.0 Å². The highest BCUT2D eigenvalue weighted by Gasteiger charge is 2.33. The number of benzene rings is 1. The molecule has 0 bridgehead atoms. The summed E-state index contributed by atoms with van der Waals surface area (Å²) in [6, 6.07) is 7.33. The zero-order valence-corrected chi connectivity index (χ0v) is 11.8. The summed E-state index contributed by atoms with van der Waals surface area (Å²) in [5.41, 5.74) is 6.03. The molecule has 2 rings (SSSR count). The normalized spacial score (nSPS) is 18.6. The topological polar surface area (TPSA) is 72.6 Å². The van der Waals surface area contributed by atoms with E-state index in [9.17, 15) is 9.59 Å². The Labute approximate surface area is 118 Å². The van der Waals surface area contributed by atoms with Crippen molar-refractivity contribution in [3.05, 3.63) is 24.3 Å². The van der Waals surface area contributed by atoms with Crippen LogP contribution in [-0.2, 0) is 9.59 Å². The summed E-state index contributed by atoms with van der Waals surface area (Å²) in [7, 11) is 0. The average molecular weight is 276 g/mol. The van der Waals surface area contributed by atoms with Gasteiger partial charge in [0.1, 0.15) is 5.75 Å². The van der Waals surface area contributed by atoms with Crippen molar-refractivity contribution in [2.45, 2.75) is 20.3 Å². The summed E-state index contributed by atoms with van der Waals surface area (Å²) in [5, 5.41) is 0. The van der Waals surface area contributed by atoms with Crippen molar-refractivity contribution in [2.24, 2.45) is 17.6 Å². The molecule has 1 aliphatic rings. The molecule has 1 aromatic rings. The van der Waals surface area contributed by atoms with E-state index in [2.05, 4.69) is 13.8 Å². The first-order chi connectivity index (χ1) is 9.47. The van der Waals surface area contributed by atoms with E-state index in [4.69, 9.17) is 10.5 Å². The van der Waals surface area contributed by atoms with Crippen LogP contribution in [0.1, 0.15) is 20.3 Å². The monoisotopic (exact) mass is 276 g/mol. The van der Waals surface area contributed by atoms with E-state index < -0.39 is 5.91 Å². The van der Waals surface area contributed by atoms with E-state index in [0.29, 0.717) is 19.1 Å². The van der Waals surface area contributed by atoms with Gasteiger partial charge in [-0.25, -0.2) is 0 Å². The Kier molecular flexibility index (Phi) is 4.27. The molecule has 5 nitrogen and oxygen atoms in total. The zero-order chi connectivity index (χ0) is 14.7. The Morgan fingerprint density at radius 2 is 2.05 bits per heavy atom. The number of ether oxygens (including phenoxy) is 1. The number of nitrogens with zero attached hydrogens (tertiary/aromatic N) is 1. The zero-order valence-electron chi connectivity index (χ0n) is 11.8. The molecular formula is C15H20N2O3. The molecule has 2 amide bonds. The van der Waals surface area contributed by atoms with Gasteiger partial charge in [0.05, 0.1) is 12.5 Å². The van der Waals surface area contributed by atoms with Crippen LogP contribution in [0.25, 0.3) is 0 Å². The minimum atomic E-state index is -0.419. The van der Waals surface area contributed by atoms with E-state index in [1.807, 2.05) is 24.3 Å². The number of rotatable bonds is 5. The molecule has 1 atom stereocenters. The van der Waals surface area contributed by atoms with Gasteiger partial charge in [-0.2, -0.15) is 0 Å². The number of carbonyl (C=O) groups excluding carboxylic acids is 2. The molecule has 1 saturated heterocycles. The van der Waals surface area contributed by atoms with Gasteiger partial charge < -0.3 is 15.4 Å². The van der Waals surface area contributed by atoms with Crippen LogP contribution < -0.4 is 15.4 Å². The Hall–Kier alpha value is -2.04. The maximum Gasteiger partial charge on any atom is 0.227 e. The second-order valence-corrected chi connectivity index (χ2v) is 5.51. The van der Waals surface area contributed by atoms with Crippen molar-refractivity contribution in [2.75, 3.05) is 18.1 Å². The third-order valence-corrected chi connectivity index (χ3v) is 3.26. The fraction of sp³-hybridized carbons (Fsp3) is 0.467. The SMILES string of the molecule is CC(C)COc1ccc(N2C[C@@H](C(N)=O)CC2=O)cc1. The highest BCUT2D eigenvalue weighted by molar-refractivity contribution is 6.00. The van der Waals surface area contributed by atoms with Gasteiger partial charge in [-0.1, -0.05) is 13.8 Å². The van der Waals surface area contributed by atoms with Gasteiger partial charge >= 0.3 is 0 Å². The lowest BCUT2D eigenvalue weighted by Gasteiger charge is -2.17. The third kappa shape index (κ3) is 3.29. The van der Waals surface area contributed by atoms with Crippen LogP contribution in [0.15, 0.2) is 24.3 Å². The molecule has 1 heterocycles. The van der Waals surface area contributed by atoms with E-state index in [1.165, 1.54) is 0 Å². The van der Waals surface area contributed by atoms with Gasteiger partial charge in [0.15, 0.2) is 0 Å². The molecular weight excluding hydrogens is 256 g/mol. The van der Waals surface area contributed by atoms with Gasteiger partial charge in [0.2, 0.25) is 11.8 Å². The molecule has 20 heavy (non-hydrogen) atoms. The molecule has 0 radical (unpaired) electrons. The van der Waals surface area contributed by atoms with Crippen molar-refractivity contribution in [1.29, 1.82) is 0 Å². The number of primary amides is 1. The van der Waals surface area contributed by atoms with E-state index in [1.54, 1.807) is 4.90 Å². The first-order valence-corrected chi connectivity index (χ1v) is 6.80. The highest BCUT2D eigenvalue weighted by Crippen LogP contribution is 2.26. The molecule has 0 aliphatic carbocycles. The summed E-state index contributed by atoms with van der Waals surface area (Å²) in [6.45, 7) is 5.19. The van der Waals surface area contributed by atoms with Crippen LogP contribution in [0.2, 0.25) is 0 Å². The molecule has 0 aromatic heterocycles. The van der Waals surface area contributed by atoms with Crippen molar-refractivity contribution >= 4 is 17.5 Å². The standard InChI is InChI=1S/C15H20N2O3/c1-10(2)9-20-13-5-3-12(4-6-13)17-8-11(15(16)19)7-14(17)18/h3-6,10-11H,7-9H2,1-2H3,(H2,16,19)/t11-/m0/s1. The van der Waals surface area contributed by atoms with Crippen molar-refractivity contribution < 1.29 is 14.3 Å². The summed E-state index contributed by atoms with van der Waals surface area (Å²) < 4.78 is 5.59. The largest absolute Gasteiger partial charge is 0.493 e. The molecule has 1 aliphatic heterocycles. The maximum absolute atomic E-state index is 11.9. The van der Waals surface area contributed by atoms with Gasteiger partial charge in [0.25, 0.3) is 0 Å². The van der Waals surface area contributed by atoms with Crippen LogP contribution in [0.4, 0.5) is 5.69 Å². The number of carbonyl (C=O) groups is 2. The lowest BCUT2D eigenvalue weighted by molar-refractivity contribution is -0.123. The Bertz CT molecular complexity index is 496. The van der Waals surface area contributed by atoms with Gasteiger partial charge in [-0.3, -0.25) is 9.59 Å². The quantitative estimate of drug-likeness (QED) is 0.887. The number of hydrogen-bond donors (Lipinski definition) is 1. The molecule has 0 saturated carbocycles. The first kappa shape index (κ1) is 14.4. The minimum absolute atomic E-state index is 0.0651. The molecule has 1 aromatic carbocycles. The second-order valence-electron chi connectivity index (χ2n) is 5.51. The van der Waals surface area contributed by atoms with Crippen LogP contribution in [0, 0.1) is 11.8 Å². The number of anilines is 1. The molecule has 108 valence electrons. The van der Waals surface area contributed by atoms with Crippen molar-refractivity contribution in [3.8, 4) is 5.75 Å². The Balaban J connectivity index is 2.03. The molecule has 5 heteroatoms. The van der Waals surface area contributed by atoms with Gasteiger partial charge in [-0.15, -0.1) is 0 Å². The van der Waals surface area contributed by atoms with Crippen molar-refractivity contribution in [1.82, 2.24) is 0 Å². The third-order valence-electron chi connectivity index (χ3n) is 3.26. The fourth-order valence-electron chi connectivity index (χ4n) is 2.13. The number of nitrogens with two attached hydrogens (primary N) is 1. The smallest absolute Gasteiger partial charge is 0.227 e. The lowest BCUT2D eigenvalue weighted by atomic mass is 10.1. The first-order valence-electron chi connectivity index (χ1n) is 6.80. The van der Waals surface area contributed by atoms with E-state index in [0.717, 1.165) is 11.4 Å². The number of amides is 2. The Morgan fingerprint density at radius 1 is 1.40 bits per heavy atom. The maximum atomic E-state index is 11.9. The minimum Gasteiger partial charge on any atom is -0.493 e. The molecule has 1 fully saturated rings. The van der Waals surface area contributed by atoms with E-state index in [-0.39, 0.29) is 18.2 Å². The van der Waals surface area contributed by atoms with Crippen LogP contribution in [0.5, 0.6) is 5.75 Å². The average Bonchev–Trinajstić information content (AvgIpc) is 2.79. The van der Waals surface area contributed by atoms with Crippen LogP contribution in [0.3, 0.4) is 0 Å². The summed E-state index contributed by atoms with van der Waals surface area (Å²) in [6.07, 6.45) is 0.195. The lowest BCUT2D eigenvalue weighted by Crippen LogP contribution is -2.28. The predicted molar refractivity (Wildman–Crippen MR) is 76.4 cm³/mol. The molecule has 2 N–H and O–H groups in total.